The molecule has 2 aromatic rings. The molecule has 7 heteroatoms. The van der Waals surface area contributed by atoms with Gasteiger partial charge in [0.25, 0.3) is 0 Å². The van der Waals surface area contributed by atoms with E-state index in [4.69, 9.17) is 16.7 Å². The maximum atomic E-state index is 10.9. The van der Waals surface area contributed by atoms with Gasteiger partial charge in [0.1, 0.15) is 5.00 Å². The molecule has 4 nitrogen and oxygen atoms in total. The number of nitrogens with zero attached hydrogens (tertiary/aromatic N) is 1. The first-order chi connectivity index (χ1) is 8.08. The summed E-state index contributed by atoms with van der Waals surface area (Å²) >= 11 is 10.5. The van der Waals surface area contributed by atoms with Crippen LogP contribution in [-0.2, 0) is 0 Å². The first-order valence-corrected chi connectivity index (χ1v) is 6.52. The third-order valence-electron chi connectivity index (χ3n) is 1.95. The van der Waals surface area contributed by atoms with Gasteiger partial charge in [-0.1, -0.05) is 27.5 Å². The van der Waals surface area contributed by atoms with Gasteiger partial charge in [-0.05, 0) is 18.2 Å². The number of carboxylic acid groups (broad SMARTS) is 1. The molecule has 0 aliphatic heterocycles. The Bertz CT molecular complexity index is 573. The maximum Gasteiger partial charge on any atom is 0.357 e. The van der Waals surface area contributed by atoms with E-state index < -0.39 is 5.97 Å². The van der Waals surface area contributed by atoms with Gasteiger partial charge in [0, 0.05) is 4.47 Å². The molecule has 0 aliphatic rings. The summed E-state index contributed by atoms with van der Waals surface area (Å²) < 4.78 is 0.853. The highest BCUT2D eigenvalue weighted by Gasteiger charge is 2.14. The second-order valence-electron chi connectivity index (χ2n) is 3.08. The second-order valence-corrected chi connectivity index (χ2v) is 5.26. The summed E-state index contributed by atoms with van der Waals surface area (Å²) in [6.07, 6.45) is 0. The molecule has 0 spiro atoms. The lowest BCUT2D eigenvalue weighted by molar-refractivity contribution is 0.0692. The standard InChI is InChI=1S/C10H6BrClN2O2S/c11-5-1-2-6(12)7(3-5)14-9-8(10(15)16)13-4-17-9/h1-4,14H,(H,15,16). The van der Waals surface area contributed by atoms with Gasteiger partial charge in [-0.25, -0.2) is 9.78 Å². The zero-order valence-electron chi connectivity index (χ0n) is 8.28. The smallest absolute Gasteiger partial charge is 0.357 e. The molecule has 0 aliphatic carbocycles. The number of carboxylic acids is 1. The fourth-order valence-corrected chi connectivity index (χ4v) is 2.41. The molecular weight excluding hydrogens is 328 g/mol. The Labute approximate surface area is 114 Å². The summed E-state index contributed by atoms with van der Waals surface area (Å²) in [5.41, 5.74) is 2.09. The predicted molar refractivity (Wildman–Crippen MR) is 71.5 cm³/mol. The van der Waals surface area contributed by atoms with Crippen LogP contribution in [0.2, 0.25) is 5.02 Å². The van der Waals surface area contributed by atoms with Crippen molar-refractivity contribution in [1.82, 2.24) is 4.98 Å². The van der Waals surface area contributed by atoms with E-state index in [0.29, 0.717) is 15.7 Å². The fraction of sp³-hybridized carbons (Fsp3) is 0. The zero-order valence-corrected chi connectivity index (χ0v) is 11.4. The van der Waals surface area contributed by atoms with Crippen LogP contribution >= 0.6 is 38.9 Å². The molecule has 1 aromatic heterocycles. The van der Waals surface area contributed by atoms with Crippen LogP contribution in [0.1, 0.15) is 10.5 Å². The molecule has 0 saturated heterocycles. The summed E-state index contributed by atoms with van der Waals surface area (Å²) in [5, 5.41) is 12.8. The molecule has 2 N–H and O–H groups in total. The first-order valence-electron chi connectivity index (χ1n) is 4.47. The Morgan fingerprint density at radius 3 is 3.00 bits per heavy atom. The third kappa shape index (κ3) is 2.77. The van der Waals surface area contributed by atoms with E-state index in [2.05, 4.69) is 26.2 Å². The minimum atomic E-state index is -1.07. The largest absolute Gasteiger partial charge is 0.476 e. The van der Waals surface area contributed by atoms with E-state index in [1.54, 1.807) is 18.2 Å². The van der Waals surface area contributed by atoms with E-state index in [-0.39, 0.29) is 5.69 Å². The molecule has 88 valence electrons. The number of rotatable bonds is 3. The minimum Gasteiger partial charge on any atom is -0.476 e. The lowest BCUT2D eigenvalue weighted by atomic mass is 10.3. The number of aromatic carboxylic acids is 1. The van der Waals surface area contributed by atoms with E-state index in [0.717, 1.165) is 4.47 Å². The van der Waals surface area contributed by atoms with Gasteiger partial charge < -0.3 is 10.4 Å². The van der Waals surface area contributed by atoms with Crippen molar-refractivity contribution < 1.29 is 9.90 Å². The number of hydrogen-bond acceptors (Lipinski definition) is 4. The number of anilines is 2. The summed E-state index contributed by atoms with van der Waals surface area (Å²) in [6, 6.07) is 5.29. The lowest BCUT2D eigenvalue weighted by Gasteiger charge is -2.07. The highest BCUT2D eigenvalue weighted by molar-refractivity contribution is 9.10. The molecule has 0 amide bonds. The van der Waals surface area contributed by atoms with Crippen molar-refractivity contribution in [3.05, 3.63) is 38.9 Å². The fourth-order valence-electron chi connectivity index (χ4n) is 1.20. The molecule has 0 saturated carbocycles. The quantitative estimate of drug-likeness (QED) is 0.891. The number of benzene rings is 1. The van der Waals surface area contributed by atoms with Crippen LogP contribution in [0.25, 0.3) is 0 Å². The van der Waals surface area contributed by atoms with Crippen LogP contribution < -0.4 is 5.32 Å². The zero-order chi connectivity index (χ0) is 12.4. The molecule has 0 fully saturated rings. The van der Waals surface area contributed by atoms with Gasteiger partial charge in [-0.15, -0.1) is 11.3 Å². The highest BCUT2D eigenvalue weighted by Crippen LogP contribution is 2.31. The average Bonchev–Trinajstić information content (AvgIpc) is 2.71. The van der Waals surface area contributed by atoms with Gasteiger partial charge in [0.2, 0.25) is 0 Å². The number of thiazole rings is 1. The van der Waals surface area contributed by atoms with Crippen LogP contribution in [-0.4, -0.2) is 16.1 Å². The number of halogens is 2. The molecular formula is C10H6BrClN2O2S. The monoisotopic (exact) mass is 332 g/mol. The summed E-state index contributed by atoms with van der Waals surface area (Å²) in [7, 11) is 0. The van der Waals surface area contributed by atoms with E-state index in [1.807, 2.05) is 0 Å². The number of aromatic nitrogens is 1. The van der Waals surface area contributed by atoms with Crippen molar-refractivity contribution in [2.75, 3.05) is 5.32 Å². The van der Waals surface area contributed by atoms with Crippen molar-refractivity contribution >= 4 is 55.5 Å². The number of carbonyl (C=O) groups is 1. The molecule has 1 heterocycles. The van der Waals surface area contributed by atoms with Gasteiger partial charge in [0.05, 0.1) is 16.2 Å². The van der Waals surface area contributed by atoms with Gasteiger partial charge >= 0.3 is 5.97 Å². The van der Waals surface area contributed by atoms with Crippen molar-refractivity contribution in [3.63, 3.8) is 0 Å². The average molecular weight is 334 g/mol. The summed E-state index contributed by atoms with van der Waals surface area (Å²) in [5.74, 6) is -1.07. The molecule has 0 bridgehead atoms. The Balaban J connectivity index is 2.34. The molecule has 0 radical (unpaired) electrons. The van der Waals surface area contributed by atoms with Gasteiger partial charge in [-0.2, -0.15) is 0 Å². The third-order valence-corrected chi connectivity index (χ3v) is 3.51. The summed E-state index contributed by atoms with van der Waals surface area (Å²) in [6.45, 7) is 0. The summed E-state index contributed by atoms with van der Waals surface area (Å²) in [4.78, 5) is 14.7. The predicted octanol–water partition coefficient (Wildman–Crippen LogP) is 4.00. The van der Waals surface area contributed by atoms with Crippen molar-refractivity contribution in [2.24, 2.45) is 0 Å². The molecule has 0 unspecified atom stereocenters. The van der Waals surface area contributed by atoms with Crippen molar-refractivity contribution in [1.29, 1.82) is 0 Å². The second kappa shape index (κ2) is 5.03. The van der Waals surface area contributed by atoms with Gasteiger partial charge in [-0.3, -0.25) is 0 Å². The topological polar surface area (TPSA) is 62.2 Å². The Hall–Kier alpha value is -1.11. The van der Waals surface area contributed by atoms with Crippen LogP contribution in [0.15, 0.2) is 28.2 Å². The van der Waals surface area contributed by atoms with E-state index in [1.165, 1.54) is 16.8 Å². The van der Waals surface area contributed by atoms with Crippen LogP contribution in [0.3, 0.4) is 0 Å². The minimum absolute atomic E-state index is 0.00829. The van der Waals surface area contributed by atoms with Crippen molar-refractivity contribution in [2.45, 2.75) is 0 Å². The normalized spacial score (nSPS) is 10.2. The van der Waals surface area contributed by atoms with E-state index in [9.17, 15) is 4.79 Å². The Kier molecular flexibility index (Phi) is 3.66. The highest BCUT2D eigenvalue weighted by atomic mass is 79.9. The van der Waals surface area contributed by atoms with Crippen LogP contribution in [0, 0.1) is 0 Å². The first kappa shape index (κ1) is 12.3. The van der Waals surface area contributed by atoms with Crippen molar-refractivity contribution in [3.8, 4) is 0 Å². The maximum absolute atomic E-state index is 10.9. The lowest BCUT2D eigenvalue weighted by Crippen LogP contribution is -2.01. The molecule has 17 heavy (non-hydrogen) atoms. The van der Waals surface area contributed by atoms with E-state index >= 15 is 0 Å². The van der Waals surface area contributed by atoms with Crippen LogP contribution in [0.4, 0.5) is 10.7 Å². The number of hydrogen-bond donors (Lipinski definition) is 2. The Morgan fingerprint density at radius 2 is 2.29 bits per heavy atom. The molecule has 0 atom stereocenters. The molecule has 2 rings (SSSR count). The van der Waals surface area contributed by atoms with Crippen LogP contribution in [0.5, 0.6) is 0 Å². The van der Waals surface area contributed by atoms with Gasteiger partial charge in [0.15, 0.2) is 5.69 Å². The SMILES string of the molecule is O=C(O)c1ncsc1Nc1cc(Br)ccc1Cl. The molecule has 1 aromatic carbocycles. The Morgan fingerprint density at radius 1 is 1.53 bits per heavy atom. The number of nitrogens with one attached hydrogen (secondary N) is 1.